The lowest BCUT2D eigenvalue weighted by Gasteiger charge is -2.21. The maximum absolute atomic E-state index is 9.33. The van der Waals surface area contributed by atoms with E-state index >= 15 is 0 Å². The Kier molecular flexibility index (Phi) is 1.27. The highest BCUT2D eigenvalue weighted by atomic mass is 16.3. The van der Waals surface area contributed by atoms with Crippen molar-refractivity contribution in [3.8, 4) is 0 Å². The molecule has 2 rings (SSSR count). The predicted molar refractivity (Wildman–Crippen MR) is 36.2 cm³/mol. The van der Waals surface area contributed by atoms with Crippen LogP contribution in [0.15, 0.2) is 0 Å². The van der Waals surface area contributed by atoms with Crippen molar-refractivity contribution < 1.29 is 10.2 Å². The minimum absolute atomic E-state index is 0.0463. The molecule has 0 saturated heterocycles. The Morgan fingerprint density at radius 2 is 1.40 bits per heavy atom. The van der Waals surface area contributed by atoms with E-state index in [1.165, 1.54) is 0 Å². The molecular formula is C7H13NO2. The fraction of sp³-hybridized carbons (Fsp3) is 1.00. The summed E-state index contributed by atoms with van der Waals surface area (Å²) in [4.78, 5) is 0. The highest BCUT2D eigenvalue weighted by molar-refractivity contribution is 5.05. The number of aliphatic hydroxyl groups is 2. The molecule has 3 unspecified atom stereocenters. The standard InChI is InChI=1S/C7H13NO2/c8-5-3-1-2-4(5)7(10)6(3)9/h3-7,9-10H,1-2,8H2/t3-,4?,5?,6?,7+/m0/s1. The van der Waals surface area contributed by atoms with Gasteiger partial charge in [0.1, 0.15) is 0 Å². The van der Waals surface area contributed by atoms with Crippen molar-refractivity contribution >= 4 is 0 Å². The molecule has 2 aliphatic rings. The maximum atomic E-state index is 9.33. The summed E-state index contributed by atoms with van der Waals surface area (Å²) in [6.07, 6.45) is 0.885. The van der Waals surface area contributed by atoms with Gasteiger partial charge in [-0.1, -0.05) is 0 Å². The van der Waals surface area contributed by atoms with E-state index in [1.54, 1.807) is 0 Å². The summed E-state index contributed by atoms with van der Waals surface area (Å²) < 4.78 is 0. The molecule has 0 radical (unpaired) electrons. The van der Waals surface area contributed by atoms with Gasteiger partial charge in [-0.25, -0.2) is 0 Å². The Labute approximate surface area is 59.8 Å². The molecule has 0 aromatic carbocycles. The summed E-state index contributed by atoms with van der Waals surface area (Å²) in [5.74, 6) is 0.333. The van der Waals surface area contributed by atoms with E-state index in [1.807, 2.05) is 0 Å². The highest BCUT2D eigenvalue weighted by Gasteiger charge is 2.51. The second-order valence-corrected chi connectivity index (χ2v) is 3.46. The second kappa shape index (κ2) is 1.94. The average molecular weight is 143 g/mol. The number of hydrogen-bond donors (Lipinski definition) is 3. The Bertz CT molecular complexity index is 127. The van der Waals surface area contributed by atoms with E-state index in [0.717, 1.165) is 12.8 Å². The van der Waals surface area contributed by atoms with Crippen LogP contribution < -0.4 is 5.73 Å². The van der Waals surface area contributed by atoms with Gasteiger partial charge in [-0.05, 0) is 12.8 Å². The van der Waals surface area contributed by atoms with Crippen molar-refractivity contribution in [1.29, 1.82) is 0 Å². The van der Waals surface area contributed by atoms with Gasteiger partial charge in [0, 0.05) is 17.9 Å². The van der Waals surface area contributed by atoms with E-state index in [-0.39, 0.29) is 17.9 Å². The third-order valence-electron chi connectivity index (χ3n) is 3.05. The van der Waals surface area contributed by atoms with Crippen LogP contribution in [0.4, 0.5) is 0 Å². The molecule has 0 aromatic heterocycles. The van der Waals surface area contributed by atoms with Gasteiger partial charge in [0.2, 0.25) is 0 Å². The van der Waals surface area contributed by atoms with Gasteiger partial charge in [-0.15, -0.1) is 0 Å². The molecule has 58 valence electrons. The highest BCUT2D eigenvalue weighted by Crippen LogP contribution is 2.43. The van der Waals surface area contributed by atoms with Crippen LogP contribution in [0.5, 0.6) is 0 Å². The van der Waals surface area contributed by atoms with Crippen molar-refractivity contribution in [3.63, 3.8) is 0 Å². The molecule has 2 saturated carbocycles. The first-order valence-corrected chi connectivity index (χ1v) is 3.83. The van der Waals surface area contributed by atoms with Gasteiger partial charge in [-0.3, -0.25) is 0 Å². The van der Waals surface area contributed by atoms with Crippen molar-refractivity contribution in [2.75, 3.05) is 0 Å². The summed E-state index contributed by atoms with van der Waals surface area (Å²) in [7, 11) is 0. The van der Waals surface area contributed by atoms with E-state index in [4.69, 9.17) is 5.73 Å². The van der Waals surface area contributed by atoms with Gasteiger partial charge >= 0.3 is 0 Å². The molecule has 5 atom stereocenters. The van der Waals surface area contributed by atoms with Gasteiger partial charge in [-0.2, -0.15) is 0 Å². The first kappa shape index (κ1) is 6.58. The van der Waals surface area contributed by atoms with Crippen molar-refractivity contribution in [2.45, 2.75) is 31.1 Å². The molecule has 2 fully saturated rings. The Hall–Kier alpha value is -0.120. The quantitative estimate of drug-likeness (QED) is 0.410. The largest absolute Gasteiger partial charge is 0.390 e. The molecule has 4 N–H and O–H groups in total. The van der Waals surface area contributed by atoms with Crippen molar-refractivity contribution in [1.82, 2.24) is 0 Å². The Morgan fingerprint density at radius 3 is 1.60 bits per heavy atom. The molecule has 0 spiro atoms. The lowest BCUT2D eigenvalue weighted by molar-refractivity contribution is -0.0160. The fourth-order valence-corrected chi connectivity index (χ4v) is 2.39. The van der Waals surface area contributed by atoms with Crippen LogP contribution in [0.25, 0.3) is 0 Å². The first-order chi connectivity index (χ1) is 4.72. The second-order valence-electron chi connectivity index (χ2n) is 3.46. The lowest BCUT2D eigenvalue weighted by atomic mass is 9.95. The van der Waals surface area contributed by atoms with Crippen LogP contribution in [0, 0.1) is 11.8 Å². The monoisotopic (exact) mass is 143 g/mol. The van der Waals surface area contributed by atoms with Crippen molar-refractivity contribution in [3.05, 3.63) is 0 Å². The van der Waals surface area contributed by atoms with E-state index in [0.29, 0.717) is 0 Å². The summed E-state index contributed by atoms with van der Waals surface area (Å²) in [6.45, 7) is 0. The zero-order valence-electron chi connectivity index (χ0n) is 5.77. The van der Waals surface area contributed by atoms with Crippen LogP contribution >= 0.6 is 0 Å². The molecule has 2 bridgehead atoms. The van der Waals surface area contributed by atoms with Gasteiger partial charge < -0.3 is 15.9 Å². The zero-order chi connectivity index (χ0) is 7.30. The molecule has 0 aromatic rings. The summed E-state index contributed by atoms with van der Waals surface area (Å²) in [5, 5.41) is 18.7. The molecule has 3 heteroatoms. The topological polar surface area (TPSA) is 66.5 Å². The molecule has 3 nitrogen and oxygen atoms in total. The summed E-state index contributed by atoms with van der Waals surface area (Å²) >= 11 is 0. The maximum Gasteiger partial charge on any atom is 0.0845 e. The number of rotatable bonds is 0. The lowest BCUT2D eigenvalue weighted by Crippen LogP contribution is -2.31. The van der Waals surface area contributed by atoms with Gasteiger partial charge in [0.25, 0.3) is 0 Å². The van der Waals surface area contributed by atoms with Crippen LogP contribution in [-0.4, -0.2) is 28.5 Å². The smallest absolute Gasteiger partial charge is 0.0845 e. The SMILES string of the molecule is NC1C2CC[C@@H]1C(O)[C@@H]2O. The Morgan fingerprint density at radius 1 is 1.00 bits per heavy atom. The molecule has 10 heavy (non-hydrogen) atoms. The molecular weight excluding hydrogens is 130 g/mol. The minimum Gasteiger partial charge on any atom is -0.390 e. The van der Waals surface area contributed by atoms with Gasteiger partial charge in [0.05, 0.1) is 12.2 Å². The summed E-state index contributed by atoms with van der Waals surface area (Å²) in [5.41, 5.74) is 5.75. The number of aliphatic hydroxyl groups excluding tert-OH is 2. The number of nitrogens with two attached hydrogens (primary N) is 1. The van der Waals surface area contributed by atoms with Crippen LogP contribution in [-0.2, 0) is 0 Å². The third kappa shape index (κ3) is 0.603. The van der Waals surface area contributed by atoms with Crippen LogP contribution in [0.3, 0.4) is 0 Å². The van der Waals surface area contributed by atoms with Crippen LogP contribution in [0.2, 0.25) is 0 Å². The molecule has 0 amide bonds. The molecule has 0 aliphatic heterocycles. The number of fused-ring (bicyclic) bond motifs is 2. The fourth-order valence-electron chi connectivity index (χ4n) is 2.39. The van der Waals surface area contributed by atoms with Crippen LogP contribution in [0.1, 0.15) is 12.8 Å². The normalized spacial score (nSPS) is 59.7. The average Bonchev–Trinajstić information content (AvgIpc) is 2.34. The first-order valence-electron chi connectivity index (χ1n) is 3.83. The van der Waals surface area contributed by atoms with Crippen molar-refractivity contribution in [2.24, 2.45) is 17.6 Å². The van der Waals surface area contributed by atoms with E-state index in [9.17, 15) is 10.2 Å². The third-order valence-corrected chi connectivity index (χ3v) is 3.05. The summed E-state index contributed by atoms with van der Waals surface area (Å²) in [6, 6.07) is 0.0463. The zero-order valence-corrected chi connectivity index (χ0v) is 5.77. The molecule has 0 heterocycles. The van der Waals surface area contributed by atoms with E-state index in [2.05, 4.69) is 0 Å². The van der Waals surface area contributed by atoms with Gasteiger partial charge in [0.15, 0.2) is 0 Å². The predicted octanol–water partition coefficient (Wildman–Crippen LogP) is -0.925. The minimum atomic E-state index is -0.547. The Balaban J connectivity index is 2.21. The van der Waals surface area contributed by atoms with E-state index < -0.39 is 12.2 Å². The number of hydrogen-bond acceptors (Lipinski definition) is 3. The molecule has 2 aliphatic carbocycles.